The lowest BCUT2D eigenvalue weighted by Gasteiger charge is -2.02. The Morgan fingerprint density at radius 2 is 1.50 bits per heavy atom. The van der Waals surface area contributed by atoms with Gasteiger partial charge in [0.25, 0.3) is 0 Å². The highest BCUT2D eigenvalue weighted by molar-refractivity contribution is 6.09. The van der Waals surface area contributed by atoms with E-state index in [0.29, 0.717) is 0 Å². The first-order valence-corrected chi connectivity index (χ1v) is 5.51. The van der Waals surface area contributed by atoms with E-state index in [1.807, 2.05) is 18.2 Å². The highest BCUT2D eigenvalue weighted by Crippen LogP contribution is 2.19. The van der Waals surface area contributed by atoms with Crippen molar-refractivity contribution in [3.8, 4) is 0 Å². The Kier molecular flexibility index (Phi) is 5.48. The maximum atomic E-state index is 11.2. The first-order valence-electron chi connectivity index (χ1n) is 5.51. The predicted molar refractivity (Wildman–Crippen MR) is 72.6 cm³/mol. The van der Waals surface area contributed by atoms with E-state index in [1.54, 1.807) is 12.2 Å². The fraction of sp³-hybridized carbons (Fsp3) is 0. The van der Waals surface area contributed by atoms with Crippen molar-refractivity contribution in [2.45, 2.75) is 0 Å². The predicted octanol–water partition coefficient (Wildman–Crippen LogP) is 0.499. The van der Waals surface area contributed by atoms with Gasteiger partial charge in [0.15, 0.2) is 5.78 Å². The third kappa shape index (κ3) is 3.43. The SMILES string of the molecule is N=C=O.N=C=O.O=C1C=CC2=c3ccccc3=CC2=C1. The summed E-state index contributed by atoms with van der Waals surface area (Å²) in [4.78, 5) is 27.9. The number of allylic oxidation sites excluding steroid dienone is 4. The lowest BCUT2D eigenvalue weighted by atomic mass is 10.0. The normalized spacial score (nSPS) is 12.9. The smallest absolute Gasteiger partial charge is 0.231 e. The number of nitrogens with one attached hydrogen (secondary N) is 2. The van der Waals surface area contributed by atoms with Crippen molar-refractivity contribution in [2.24, 2.45) is 0 Å². The van der Waals surface area contributed by atoms with Gasteiger partial charge in [-0.25, -0.2) is 20.4 Å². The summed E-state index contributed by atoms with van der Waals surface area (Å²) >= 11 is 0. The van der Waals surface area contributed by atoms with E-state index in [2.05, 4.69) is 18.2 Å². The average Bonchev–Trinajstić information content (AvgIpc) is 2.77. The van der Waals surface area contributed by atoms with Gasteiger partial charge >= 0.3 is 0 Å². The van der Waals surface area contributed by atoms with E-state index in [0.717, 1.165) is 17.7 Å². The molecule has 0 radical (unpaired) electrons. The molecule has 0 spiro atoms. The Bertz CT molecular complexity index is 762. The van der Waals surface area contributed by atoms with Crippen LogP contribution in [-0.4, -0.2) is 17.9 Å². The molecule has 0 saturated carbocycles. The molecule has 2 aliphatic carbocycles. The van der Waals surface area contributed by atoms with E-state index < -0.39 is 0 Å². The Morgan fingerprint density at radius 1 is 0.900 bits per heavy atom. The van der Waals surface area contributed by atoms with Crippen LogP contribution in [0.3, 0.4) is 0 Å². The van der Waals surface area contributed by atoms with Crippen molar-refractivity contribution in [3.05, 3.63) is 58.5 Å². The summed E-state index contributed by atoms with van der Waals surface area (Å²) in [5.41, 5.74) is 2.21. The van der Waals surface area contributed by atoms with Gasteiger partial charge in [0, 0.05) is 0 Å². The van der Waals surface area contributed by atoms with Gasteiger partial charge in [-0.2, -0.15) is 0 Å². The van der Waals surface area contributed by atoms with Crippen molar-refractivity contribution >= 4 is 29.6 Å². The van der Waals surface area contributed by atoms with Gasteiger partial charge in [-0.05, 0) is 45.9 Å². The second-order valence-electron chi connectivity index (χ2n) is 3.68. The quantitative estimate of drug-likeness (QED) is 0.528. The molecule has 0 fully saturated rings. The Hall–Kier alpha value is -3.13. The Morgan fingerprint density at radius 3 is 2.15 bits per heavy atom. The van der Waals surface area contributed by atoms with Gasteiger partial charge in [-0.15, -0.1) is 0 Å². The molecule has 0 unspecified atom stereocenters. The second-order valence-corrected chi connectivity index (χ2v) is 3.68. The van der Waals surface area contributed by atoms with E-state index in [9.17, 15) is 4.79 Å². The fourth-order valence-corrected chi connectivity index (χ4v) is 1.94. The summed E-state index contributed by atoms with van der Waals surface area (Å²) in [7, 11) is 0. The van der Waals surface area contributed by atoms with Gasteiger partial charge < -0.3 is 0 Å². The molecule has 0 heterocycles. The summed E-state index contributed by atoms with van der Waals surface area (Å²) < 4.78 is 0. The molecule has 5 nitrogen and oxygen atoms in total. The molecule has 0 amide bonds. The minimum absolute atomic E-state index is 0.0767. The van der Waals surface area contributed by atoms with E-state index in [4.69, 9.17) is 20.4 Å². The van der Waals surface area contributed by atoms with Crippen LogP contribution in [-0.2, 0) is 14.4 Å². The zero-order chi connectivity index (χ0) is 15.0. The van der Waals surface area contributed by atoms with Crippen molar-refractivity contribution in [2.75, 3.05) is 0 Å². The third-order valence-electron chi connectivity index (χ3n) is 2.58. The number of carbonyl (C=O) groups excluding carboxylic acids is 3. The molecular formula is C15H10N2O3. The van der Waals surface area contributed by atoms with Gasteiger partial charge in [0.2, 0.25) is 12.2 Å². The summed E-state index contributed by atoms with van der Waals surface area (Å²) in [5, 5.41) is 13.2. The number of carbonyl (C=O) groups is 1. The molecule has 0 aromatic heterocycles. The first kappa shape index (κ1) is 14.9. The molecule has 2 aliphatic rings. The molecule has 2 N–H and O–H groups in total. The molecule has 5 heteroatoms. The van der Waals surface area contributed by atoms with Gasteiger partial charge in [0.05, 0.1) is 0 Å². The molecule has 20 heavy (non-hydrogen) atoms. The van der Waals surface area contributed by atoms with Gasteiger partial charge in [0.1, 0.15) is 0 Å². The molecule has 1 aromatic rings. The van der Waals surface area contributed by atoms with Crippen molar-refractivity contribution in [3.63, 3.8) is 0 Å². The zero-order valence-corrected chi connectivity index (χ0v) is 10.3. The maximum Gasteiger partial charge on any atom is 0.231 e. The van der Waals surface area contributed by atoms with Crippen LogP contribution in [0.5, 0.6) is 0 Å². The van der Waals surface area contributed by atoms with E-state index >= 15 is 0 Å². The summed E-state index contributed by atoms with van der Waals surface area (Å²) in [6, 6.07) is 8.19. The van der Waals surface area contributed by atoms with Crippen LogP contribution in [0.2, 0.25) is 0 Å². The largest absolute Gasteiger partial charge is 0.290 e. The molecule has 98 valence electrons. The number of ketones is 1. The third-order valence-corrected chi connectivity index (χ3v) is 2.58. The molecule has 0 bridgehead atoms. The maximum absolute atomic E-state index is 11.2. The minimum Gasteiger partial charge on any atom is -0.290 e. The minimum atomic E-state index is 0.0767. The number of fused-ring (bicyclic) bond motifs is 2. The number of benzene rings is 1. The van der Waals surface area contributed by atoms with E-state index in [-0.39, 0.29) is 5.78 Å². The molecule has 0 aliphatic heterocycles. The summed E-state index contributed by atoms with van der Waals surface area (Å²) in [5.74, 6) is 0.0767. The lowest BCUT2D eigenvalue weighted by Crippen LogP contribution is -2.21. The monoisotopic (exact) mass is 266 g/mol. The molecule has 3 rings (SSSR count). The van der Waals surface area contributed by atoms with Gasteiger partial charge in [-0.1, -0.05) is 24.3 Å². The van der Waals surface area contributed by atoms with Crippen molar-refractivity contribution in [1.82, 2.24) is 0 Å². The number of rotatable bonds is 0. The van der Waals surface area contributed by atoms with Crippen LogP contribution in [0.15, 0.2) is 48.1 Å². The van der Waals surface area contributed by atoms with Gasteiger partial charge in [-0.3, -0.25) is 4.79 Å². The summed E-state index contributed by atoms with van der Waals surface area (Å²) in [6.45, 7) is 0. The van der Waals surface area contributed by atoms with Crippen LogP contribution in [0.4, 0.5) is 0 Å². The second kappa shape index (κ2) is 7.34. The van der Waals surface area contributed by atoms with Crippen LogP contribution < -0.4 is 10.4 Å². The van der Waals surface area contributed by atoms with Crippen LogP contribution in [0.1, 0.15) is 0 Å². The number of hydrogen-bond donors (Lipinski definition) is 2. The van der Waals surface area contributed by atoms with Crippen molar-refractivity contribution in [1.29, 1.82) is 10.8 Å². The van der Waals surface area contributed by atoms with Crippen LogP contribution >= 0.6 is 0 Å². The lowest BCUT2D eigenvalue weighted by molar-refractivity contribution is -0.110. The summed E-state index contributed by atoms with van der Waals surface area (Å²) in [6.07, 6.45) is 8.77. The Labute approximate surface area is 114 Å². The van der Waals surface area contributed by atoms with Crippen LogP contribution in [0, 0.1) is 10.8 Å². The highest BCUT2D eigenvalue weighted by atomic mass is 16.1. The number of isocyanates is 2. The molecule has 0 atom stereocenters. The molecule has 0 saturated heterocycles. The fourth-order valence-electron chi connectivity index (χ4n) is 1.94. The number of hydrogen-bond acceptors (Lipinski definition) is 5. The van der Waals surface area contributed by atoms with Crippen LogP contribution in [0.25, 0.3) is 11.6 Å². The first-order chi connectivity index (χ1) is 9.67. The van der Waals surface area contributed by atoms with Crippen molar-refractivity contribution < 1.29 is 14.4 Å². The standard InChI is InChI=1S/C13H8O.2CHNO/c14-11-5-6-13-10(8-11)7-9-3-1-2-4-12(9)13;2*2-1-3/h1-8H;2*2H. The zero-order valence-electron chi connectivity index (χ0n) is 10.3. The topological polar surface area (TPSA) is 98.9 Å². The molecule has 1 aromatic carbocycles. The highest BCUT2D eigenvalue weighted by Gasteiger charge is 2.12. The average molecular weight is 266 g/mol. The Balaban J connectivity index is 0.000000290. The molecular weight excluding hydrogens is 256 g/mol. The van der Waals surface area contributed by atoms with E-state index in [1.165, 1.54) is 16.0 Å².